The van der Waals surface area contributed by atoms with Crippen LogP contribution in [0.4, 0.5) is 4.79 Å². The van der Waals surface area contributed by atoms with Gasteiger partial charge >= 0.3 is 6.09 Å². The number of nitrogens with zero attached hydrogens (tertiary/aromatic N) is 2. The van der Waals surface area contributed by atoms with Crippen molar-refractivity contribution in [1.82, 2.24) is 5.32 Å². The fourth-order valence-corrected chi connectivity index (χ4v) is 5.56. The van der Waals surface area contributed by atoms with E-state index in [4.69, 9.17) is 0 Å². The predicted octanol–water partition coefficient (Wildman–Crippen LogP) is 4.53. The molecule has 5 rings (SSSR count). The van der Waals surface area contributed by atoms with Crippen LogP contribution in [0, 0.1) is 5.92 Å². The zero-order chi connectivity index (χ0) is 20.7. The van der Waals surface area contributed by atoms with Gasteiger partial charge in [0.15, 0.2) is 0 Å². The zero-order valence-corrected chi connectivity index (χ0v) is 16.9. The predicted molar refractivity (Wildman–Crippen MR) is 118 cm³/mol. The molecule has 2 amide bonds. The highest BCUT2D eigenvalue weighted by molar-refractivity contribution is 8.22. The van der Waals surface area contributed by atoms with Crippen molar-refractivity contribution in [2.75, 3.05) is 0 Å². The molecule has 2 aromatic rings. The van der Waals surface area contributed by atoms with Gasteiger partial charge in [-0.25, -0.2) is 14.8 Å². The van der Waals surface area contributed by atoms with Crippen molar-refractivity contribution in [3.05, 3.63) is 71.3 Å². The third kappa shape index (κ3) is 3.06. The zero-order valence-electron chi connectivity index (χ0n) is 16.0. The molecule has 6 nitrogen and oxygen atoms in total. The standard InChI is InChI=1S/C23H19N3O3S/c27-20-18-17(14-5-2-1-3-6-14)19(30-21(18)25-13-24-20)15-7-9-16(10-8-15)23(11-4-12-23)26-22(28)29/h1-3,5-10,13,18,26H,4,11-12H2,(H,28,29). The Morgan fingerprint density at radius 2 is 1.80 bits per heavy atom. The molecule has 2 aromatic carbocycles. The van der Waals surface area contributed by atoms with E-state index < -0.39 is 17.6 Å². The maximum absolute atomic E-state index is 12.6. The summed E-state index contributed by atoms with van der Waals surface area (Å²) in [6.45, 7) is 0. The van der Waals surface area contributed by atoms with Crippen LogP contribution in [0.1, 0.15) is 36.0 Å². The van der Waals surface area contributed by atoms with Gasteiger partial charge in [0.2, 0.25) is 0 Å². The van der Waals surface area contributed by atoms with Gasteiger partial charge < -0.3 is 10.4 Å². The van der Waals surface area contributed by atoms with E-state index in [1.54, 1.807) is 0 Å². The van der Waals surface area contributed by atoms with Crippen molar-refractivity contribution in [3.63, 3.8) is 0 Å². The van der Waals surface area contributed by atoms with Crippen LogP contribution in [-0.4, -0.2) is 28.5 Å². The van der Waals surface area contributed by atoms with E-state index in [-0.39, 0.29) is 5.91 Å². The molecule has 0 radical (unpaired) electrons. The number of nitrogens with one attached hydrogen (secondary N) is 1. The number of amides is 2. The van der Waals surface area contributed by atoms with E-state index in [0.717, 1.165) is 51.5 Å². The van der Waals surface area contributed by atoms with Crippen LogP contribution in [0.25, 0.3) is 10.5 Å². The number of fused-ring (bicyclic) bond motifs is 1. The Morgan fingerprint density at radius 1 is 1.07 bits per heavy atom. The Labute approximate surface area is 177 Å². The fraction of sp³-hybridized carbons (Fsp3) is 0.217. The average molecular weight is 417 g/mol. The summed E-state index contributed by atoms with van der Waals surface area (Å²) in [5.41, 5.74) is 3.37. The SMILES string of the molecule is O=C(O)NC1(c2ccc(C3=C(c4ccccc4)C4C(=O)N=CN=C4S3)cc2)CCC1. The van der Waals surface area contributed by atoms with Gasteiger partial charge in [0.25, 0.3) is 5.91 Å². The Bertz CT molecular complexity index is 1120. The summed E-state index contributed by atoms with van der Waals surface area (Å²) in [6.07, 6.45) is 2.94. The number of aliphatic imine (C=N–C) groups is 2. The highest BCUT2D eigenvalue weighted by Crippen LogP contribution is 2.50. The number of carbonyl (C=O) groups excluding carboxylic acids is 1. The molecule has 0 saturated heterocycles. The van der Waals surface area contributed by atoms with Gasteiger partial charge in [0, 0.05) is 4.91 Å². The van der Waals surface area contributed by atoms with E-state index in [9.17, 15) is 14.7 Å². The van der Waals surface area contributed by atoms with Gasteiger partial charge in [-0.2, -0.15) is 0 Å². The minimum absolute atomic E-state index is 0.197. The topological polar surface area (TPSA) is 91.1 Å². The second-order valence-corrected chi connectivity index (χ2v) is 8.67. The van der Waals surface area contributed by atoms with Gasteiger partial charge in [-0.05, 0) is 41.5 Å². The van der Waals surface area contributed by atoms with Crippen molar-refractivity contribution in [2.45, 2.75) is 24.8 Å². The van der Waals surface area contributed by atoms with Gasteiger partial charge in [0.05, 0.1) is 10.6 Å². The minimum Gasteiger partial charge on any atom is -0.465 e. The molecule has 2 aliphatic heterocycles. The Balaban J connectivity index is 1.57. The lowest BCUT2D eigenvalue weighted by atomic mass is 9.72. The first kappa shape index (κ1) is 18.8. The average Bonchev–Trinajstić information content (AvgIpc) is 3.12. The van der Waals surface area contributed by atoms with Crippen molar-refractivity contribution in [2.24, 2.45) is 15.9 Å². The summed E-state index contributed by atoms with van der Waals surface area (Å²) in [7, 11) is 0. The lowest BCUT2D eigenvalue weighted by Gasteiger charge is -2.42. The molecule has 1 unspecified atom stereocenters. The summed E-state index contributed by atoms with van der Waals surface area (Å²) in [5, 5.41) is 12.7. The number of benzene rings is 2. The molecule has 150 valence electrons. The first-order valence-electron chi connectivity index (χ1n) is 9.81. The van der Waals surface area contributed by atoms with Crippen LogP contribution >= 0.6 is 11.8 Å². The van der Waals surface area contributed by atoms with Gasteiger partial charge in [-0.1, -0.05) is 66.4 Å². The molecule has 0 spiro atoms. The maximum Gasteiger partial charge on any atom is 0.405 e. The summed E-state index contributed by atoms with van der Waals surface area (Å²) in [5.74, 6) is -0.666. The van der Waals surface area contributed by atoms with Gasteiger partial charge in [0.1, 0.15) is 12.3 Å². The van der Waals surface area contributed by atoms with E-state index in [1.807, 2.05) is 54.6 Å². The molecule has 0 bridgehead atoms. The monoisotopic (exact) mass is 417 g/mol. The molecule has 0 aromatic heterocycles. The minimum atomic E-state index is -1.00. The van der Waals surface area contributed by atoms with Crippen molar-refractivity contribution in [1.29, 1.82) is 0 Å². The second kappa shape index (κ2) is 7.25. The highest BCUT2D eigenvalue weighted by Gasteiger charge is 2.42. The Kier molecular flexibility index (Phi) is 4.55. The third-order valence-electron chi connectivity index (χ3n) is 5.94. The molecule has 2 heterocycles. The second-order valence-electron chi connectivity index (χ2n) is 7.64. The number of carboxylic acid groups (broad SMARTS) is 1. The highest BCUT2D eigenvalue weighted by atomic mass is 32.2. The van der Waals surface area contributed by atoms with Gasteiger partial charge in [-0.3, -0.25) is 4.79 Å². The van der Waals surface area contributed by atoms with Gasteiger partial charge in [-0.15, -0.1) is 0 Å². The number of thioether (sulfide) groups is 1. The number of rotatable bonds is 4. The fourth-order valence-electron chi connectivity index (χ4n) is 4.31. The third-order valence-corrected chi connectivity index (χ3v) is 7.15. The Hall–Kier alpha value is -3.19. The first-order valence-corrected chi connectivity index (χ1v) is 10.6. The van der Waals surface area contributed by atoms with Crippen molar-refractivity contribution in [3.8, 4) is 0 Å². The molecule has 1 atom stereocenters. The smallest absolute Gasteiger partial charge is 0.405 e. The summed E-state index contributed by atoms with van der Waals surface area (Å²) < 4.78 is 0. The summed E-state index contributed by atoms with van der Waals surface area (Å²) >= 11 is 1.51. The van der Waals surface area contributed by atoms with Crippen LogP contribution in [0.15, 0.2) is 64.6 Å². The normalized spacial score (nSPS) is 21.7. The summed E-state index contributed by atoms with van der Waals surface area (Å²) in [6, 6.07) is 17.9. The largest absolute Gasteiger partial charge is 0.465 e. The molecule has 7 heteroatoms. The molecular weight excluding hydrogens is 398 g/mol. The quantitative estimate of drug-likeness (QED) is 0.765. The van der Waals surface area contributed by atoms with Crippen LogP contribution < -0.4 is 5.32 Å². The first-order chi connectivity index (χ1) is 14.6. The van der Waals surface area contributed by atoms with Crippen LogP contribution in [-0.2, 0) is 10.3 Å². The molecule has 2 N–H and O–H groups in total. The maximum atomic E-state index is 12.6. The van der Waals surface area contributed by atoms with Crippen molar-refractivity contribution < 1.29 is 14.7 Å². The molecule has 3 aliphatic rings. The molecule has 1 fully saturated rings. The number of carbonyl (C=O) groups is 2. The lowest BCUT2D eigenvalue weighted by molar-refractivity contribution is -0.118. The lowest BCUT2D eigenvalue weighted by Crippen LogP contribution is -2.50. The van der Waals surface area contributed by atoms with Crippen LogP contribution in [0.5, 0.6) is 0 Å². The van der Waals surface area contributed by atoms with E-state index in [1.165, 1.54) is 18.1 Å². The van der Waals surface area contributed by atoms with Crippen LogP contribution in [0.3, 0.4) is 0 Å². The number of hydrogen-bond donors (Lipinski definition) is 2. The van der Waals surface area contributed by atoms with Crippen LogP contribution in [0.2, 0.25) is 0 Å². The molecule has 1 aliphatic carbocycles. The molecule has 1 saturated carbocycles. The summed E-state index contributed by atoms with van der Waals surface area (Å²) in [4.78, 5) is 33.1. The van der Waals surface area contributed by atoms with E-state index >= 15 is 0 Å². The van der Waals surface area contributed by atoms with E-state index in [0.29, 0.717) is 0 Å². The van der Waals surface area contributed by atoms with Crippen molar-refractivity contribution >= 4 is 45.6 Å². The Morgan fingerprint density at radius 3 is 2.43 bits per heavy atom. The molecule has 30 heavy (non-hydrogen) atoms. The van der Waals surface area contributed by atoms with E-state index in [2.05, 4.69) is 15.3 Å². The number of hydrogen-bond acceptors (Lipinski definition) is 4. The molecular formula is C23H19N3O3S.